The van der Waals surface area contributed by atoms with Gasteiger partial charge in [0.05, 0.1) is 43.4 Å². The molecule has 0 bridgehead atoms. The minimum absolute atomic E-state index is 0.00232. The van der Waals surface area contributed by atoms with Crippen LogP contribution in [0, 0.1) is 0 Å². The number of nitrogens with zero attached hydrogens (tertiary/aromatic N) is 2. The average Bonchev–Trinajstić information content (AvgIpc) is 3.33. The second-order valence-electron chi connectivity index (χ2n) is 7.30. The number of carbonyl (C=O) groups excluding carboxylic acids is 1. The number of hydrogen-bond acceptors (Lipinski definition) is 7. The molecule has 0 spiro atoms. The van der Waals surface area contributed by atoms with E-state index in [1.165, 1.54) is 21.8 Å². The van der Waals surface area contributed by atoms with Crippen LogP contribution in [0.3, 0.4) is 0 Å². The minimum atomic E-state index is -0.226. The second-order valence-corrected chi connectivity index (χ2v) is 9.13. The summed E-state index contributed by atoms with van der Waals surface area (Å²) in [5, 5.41) is 1.99. The predicted octanol–water partition coefficient (Wildman–Crippen LogP) is 3.43. The molecule has 0 saturated carbocycles. The lowest BCUT2D eigenvalue weighted by Crippen LogP contribution is -2.55. The van der Waals surface area contributed by atoms with Gasteiger partial charge >= 0.3 is 0 Å². The summed E-state index contributed by atoms with van der Waals surface area (Å²) in [6, 6.07) is 12.4. The van der Waals surface area contributed by atoms with Gasteiger partial charge < -0.3 is 9.47 Å². The third-order valence-electron chi connectivity index (χ3n) is 5.67. The van der Waals surface area contributed by atoms with Gasteiger partial charge in [0.15, 0.2) is 5.78 Å². The Kier molecular flexibility index (Phi) is 7.39. The first kappa shape index (κ1) is 21.0. The minimum Gasteiger partial charge on any atom is -0.379 e. The van der Waals surface area contributed by atoms with Gasteiger partial charge in [0.1, 0.15) is 0 Å². The van der Waals surface area contributed by atoms with E-state index in [1.807, 2.05) is 17.5 Å². The third kappa shape index (κ3) is 4.93. The van der Waals surface area contributed by atoms with Crippen LogP contribution in [0.5, 0.6) is 0 Å². The van der Waals surface area contributed by atoms with Gasteiger partial charge in [-0.3, -0.25) is 14.6 Å². The molecule has 7 heteroatoms. The van der Waals surface area contributed by atoms with Crippen LogP contribution in [0.1, 0.15) is 21.3 Å². The molecule has 0 unspecified atom stereocenters. The van der Waals surface area contributed by atoms with Gasteiger partial charge in [-0.2, -0.15) is 0 Å². The van der Waals surface area contributed by atoms with Gasteiger partial charge in [-0.05, 0) is 35.4 Å². The molecule has 2 aromatic rings. The van der Waals surface area contributed by atoms with Crippen LogP contribution < -0.4 is 0 Å². The Morgan fingerprint density at radius 1 is 0.966 bits per heavy atom. The fraction of sp³-hybridized carbons (Fsp3) is 0.500. The topological polar surface area (TPSA) is 42.0 Å². The van der Waals surface area contributed by atoms with Gasteiger partial charge in [0, 0.05) is 31.1 Å². The summed E-state index contributed by atoms with van der Waals surface area (Å²) in [4.78, 5) is 20.6. The maximum absolute atomic E-state index is 13.8. The highest BCUT2D eigenvalue weighted by Gasteiger charge is 2.40. The second kappa shape index (κ2) is 10.2. The normalized spacial score (nSPS) is 21.0. The van der Waals surface area contributed by atoms with E-state index < -0.39 is 0 Å². The molecule has 2 fully saturated rings. The molecule has 29 heavy (non-hydrogen) atoms. The summed E-state index contributed by atoms with van der Waals surface area (Å²) in [5.74, 6) is 0.215. The lowest BCUT2D eigenvalue weighted by atomic mass is 9.91. The molecule has 4 rings (SSSR count). The first-order valence-electron chi connectivity index (χ1n) is 10.1. The molecule has 0 N–H and O–H groups in total. The van der Waals surface area contributed by atoms with Gasteiger partial charge in [0.2, 0.25) is 0 Å². The van der Waals surface area contributed by atoms with E-state index in [4.69, 9.17) is 9.47 Å². The molecular formula is C22H28N2O3S2. The highest BCUT2D eigenvalue weighted by molar-refractivity contribution is 7.98. The summed E-state index contributed by atoms with van der Waals surface area (Å²) in [6.45, 7) is 6.02. The number of rotatable bonds is 7. The van der Waals surface area contributed by atoms with Crippen LogP contribution in [-0.4, -0.2) is 80.5 Å². The van der Waals surface area contributed by atoms with E-state index in [1.54, 1.807) is 11.8 Å². The maximum Gasteiger partial charge on any atom is 0.191 e. The summed E-state index contributed by atoms with van der Waals surface area (Å²) >= 11 is 3.27. The maximum atomic E-state index is 13.8. The van der Waals surface area contributed by atoms with Crippen LogP contribution in [0.15, 0.2) is 46.7 Å². The Hall–Kier alpha value is -1.22. The van der Waals surface area contributed by atoms with E-state index in [-0.39, 0.29) is 17.9 Å². The Morgan fingerprint density at radius 3 is 2.14 bits per heavy atom. The molecule has 1 aromatic carbocycles. The van der Waals surface area contributed by atoms with E-state index in [2.05, 4.69) is 40.3 Å². The number of carbonyl (C=O) groups is 1. The van der Waals surface area contributed by atoms with Crippen molar-refractivity contribution < 1.29 is 14.3 Å². The molecule has 5 nitrogen and oxygen atoms in total. The monoisotopic (exact) mass is 432 g/mol. The van der Waals surface area contributed by atoms with Crippen LogP contribution in [0.2, 0.25) is 0 Å². The summed E-state index contributed by atoms with van der Waals surface area (Å²) in [6.07, 6.45) is 2.09. The van der Waals surface area contributed by atoms with E-state index in [9.17, 15) is 4.79 Å². The van der Waals surface area contributed by atoms with Crippen LogP contribution in [0.25, 0.3) is 0 Å². The highest BCUT2D eigenvalue weighted by Crippen LogP contribution is 2.33. The lowest BCUT2D eigenvalue weighted by molar-refractivity contribution is -0.0300. The largest absolute Gasteiger partial charge is 0.379 e. The molecule has 2 aliphatic heterocycles. The molecule has 156 valence electrons. The van der Waals surface area contributed by atoms with Crippen molar-refractivity contribution in [3.63, 3.8) is 0 Å². The lowest BCUT2D eigenvalue weighted by Gasteiger charge is -2.44. The number of Topliss-reactive ketones (excluding diaryl/α,β-unsaturated/α-hetero) is 1. The highest BCUT2D eigenvalue weighted by atomic mass is 32.2. The number of ether oxygens (including phenoxy) is 2. The smallest absolute Gasteiger partial charge is 0.191 e. The standard InChI is InChI=1S/C22H28N2O3S2/c1-28-18-6-4-17(5-7-18)20(23-8-12-26-13-9-23)21(24-10-14-27-15-11-24)22(25)19-3-2-16-29-19/h2-7,16,20-21H,8-15H2,1H3/t20-,21-/m0/s1. The number of benzene rings is 1. The molecule has 1 aromatic heterocycles. The Bertz CT molecular complexity index is 770. The number of hydrogen-bond donors (Lipinski definition) is 0. The quantitative estimate of drug-likeness (QED) is 0.493. The number of thiophene rings is 1. The van der Waals surface area contributed by atoms with Crippen molar-refractivity contribution in [3.8, 4) is 0 Å². The van der Waals surface area contributed by atoms with Crippen molar-refractivity contribution in [3.05, 3.63) is 52.2 Å². The molecule has 3 heterocycles. The summed E-state index contributed by atoms with van der Waals surface area (Å²) < 4.78 is 11.2. The van der Waals surface area contributed by atoms with Gasteiger partial charge in [-0.15, -0.1) is 23.1 Å². The fourth-order valence-corrected chi connectivity index (χ4v) is 5.28. The number of ketones is 1. The average molecular weight is 433 g/mol. The van der Waals surface area contributed by atoms with Gasteiger partial charge in [-0.25, -0.2) is 0 Å². The molecule has 2 aliphatic rings. The predicted molar refractivity (Wildman–Crippen MR) is 118 cm³/mol. The molecule has 0 amide bonds. The van der Waals surface area contributed by atoms with Crippen LogP contribution in [-0.2, 0) is 9.47 Å². The summed E-state index contributed by atoms with van der Waals surface area (Å²) in [7, 11) is 0. The number of thioether (sulfide) groups is 1. The van der Waals surface area contributed by atoms with Crippen molar-refractivity contribution in [1.82, 2.24) is 9.80 Å². The zero-order valence-electron chi connectivity index (χ0n) is 16.8. The molecule has 0 aliphatic carbocycles. The molecule has 0 radical (unpaired) electrons. The zero-order chi connectivity index (χ0) is 20.1. The van der Waals surface area contributed by atoms with Crippen molar-refractivity contribution in [1.29, 1.82) is 0 Å². The molecular weight excluding hydrogens is 404 g/mol. The first-order valence-corrected chi connectivity index (χ1v) is 12.2. The van der Waals surface area contributed by atoms with Crippen LogP contribution in [0.4, 0.5) is 0 Å². The van der Waals surface area contributed by atoms with Crippen molar-refractivity contribution in [2.24, 2.45) is 0 Å². The van der Waals surface area contributed by atoms with Crippen molar-refractivity contribution >= 4 is 28.9 Å². The van der Waals surface area contributed by atoms with Gasteiger partial charge in [0.25, 0.3) is 0 Å². The van der Waals surface area contributed by atoms with E-state index in [0.717, 1.165) is 31.1 Å². The molecule has 2 atom stereocenters. The van der Waals surface area contributed by atoms with Crippen molar-refractivity contribution in [2.75, 3.05) is 58.9 Å². The zero-order valence-corrected chi connectivity index (χ0v) is 18.4. The SMILES string of the molecule is CSc1ccc([C@@H]([C@@H](C(=O)c2cccs2)N2CCOCC2)N2CCOCC2)cc1. The Balaban J connectivity index is 1.74. The van der Waals surface area contributed by atoms with E-state index in [0.29, 0.717) is 26.4 Å². The van der Waals surface area contributed by atoms with Crippen LogP contribution >= 0.6 is 23.1 Å². The number of morpholine rings is 2. The summed E-state index contributed by atoms with van der Waals surface area (Å²) in [5.41, 5.74) is 1.20. The van der Waals surface area contributed by atoms with Crippen molar-refractivity contribution in [2.45, 2.75) is 17.0 Å². The first-order chi connectivity index (χ1) is 14.3. The van der Waals surface area contributed by atoms with E-state index >= 15 is 0 Å². The van der Waals surface area contributed by atoms with Gasteiger partial charge in [-0.1, -0.05) is 18.2 Å². The third-order valence-corrected chi connectivity index (χ3v) is 7.30. The molecule has 2 saturated heterocycles. The Labute approximate surface area is 181 Å². The fourth-order valence-electron chi connectivity index (χ4n) is 4.18. The Morgan fingerprint density at radius 2 is 1.59 bits per heavy atom.